The van der Waals surface area contributed by atoms with Gasteiger partial charge >= 0.3 is 0 Å². The summed E-state index contributed by atoms with van der Waals surface area (Å²) in [6, 6.07) is 7.29. The molecule has 1 saturated heterocycles. The zero-order valence-electron chi connectivity index (χ0n) is 9.63. The summed E-state index contributed by atoms with van der Waals surface area (Å²) in [5.74, 6) is -1.20. The standard InChI is InChI=1S/C12H9BrN2O3S/c13-8-3-1-7(2-4-8)5-9-11(17)15(6-10(14)16)12(18)19-9/h1-5H,6H2,(H2,14,16)/b9-5+. The lowest BCUT2D eigenvalue weighted by Gasteiger charge is -2.08. The number of carbonyl (C=O) groups excluding carboxylic acids is 3. The Bertz CT molecular complexity index is 583. The largest absolute Gasteiger partial charge is 0.368 e. The van der Waals surface area contributed by atoms with Gasteiger partial charge in [-0.2, -0.15) is 0 Å². The molecule has 1 heterocycles. The number of amides is 3. The highest BCUT2D eigenvalue weighted by atomic mass is 79.9. The summed E-state index contributed by atoms with van der Waals surface area (Å²) in [7, 11) is 0. The normalized spacial score (nSPS) is 17.3. The lowest BCUT2D eigenvalue weighted by atomic mass is 10.2. The molecule has 3 amide bonds. The van der Waals surface area contributed by atoms with Gasteiger partial charge in [0.1, 0.15) is 6.54 Å². The van der Waals surface area contributed by atoms with Crippen LogP contribution in [0.3, 0.4) is 0 Å². The molecule has 1 aliphatic rings. The molecule has 0 aliphatic carbocycles. The maximum absolute atomic E-state index is 11.9. The average Bonchev–Trinajstić information content (AvgIpc) is 2.60. The number of hydrogen-bond acceptors (Lipinski definition) is 4. The smallest absolute Gasteiger partial charge is 0.294 e. The van der Waals surface area contributed by atoms with E-state index in [1.54, 1.807) is 6.08 Å². The monoisotopic (exact) mass is 340 g/mol. The predicted octanol–water partition coefficient (Wildman–Crippen LogP) is 1.97. The third-order valence-electron chi connectivity index (χ3n) is 2.36. The van der Waals surface area contributed by atoms with E-state index in [1.165, 1.54) is 0 Å². The van der Waals surface area contributed by atoms with Crippen molar-refractivity contribution < 1.29 is 14.4 Å². The quantitative estimate of drug-likeness (QED) is 0.853. The van der Waals surface area contributed by atoms with Crippen LogP contribution >= 0.6 is 27.7 Å². The third-order valence-corrected chi connectivity index (χ3v) is 3.79. The Kier molecular flexibility index (Phi) is 4.06. The Morgan fingerprint density at radius 2 is 1.95 bits per heavy atom. The minimum Gasteiger partial charge on any atom is -0.368 e. The molecule has 0 saturated carbocycles. The molecular weight excluding hydrogens is 332 g/mol. The third kappa shape index (κ3) is 3.24. The van der Waals surface area contributed by atoms with Crippen molar-refractivity contribution in [1.82, 2.24) is 4.90 Å². The van der Waals surface area contributed by atoms with E-state index in [2.05, 4.69) is 15.9 Å². The molecule has 0 radical (unpaired) electrons. The number of carbonyl (C=O) groups is 3. The van der Waals surface area contributed by atoms with Crippen molar-refractivity contribution in [2.24, 2.45) is 5.73 Å². The Morgan fingerprint density at radius 3 is 2.53 bits per heavy atom. The van der Waals surface area contributed by atoms with Crippen molar-refractivity contribution in [3.05, 3.63) is 39.2 Å². The molecule has 2 rings (SSSR count). The number of imide groups is 1. The number of benzene rings is 1. The van der Waals surface area contributed by atoms with Crippen molar-refractivity contribution in [2.75, 3.05) is 6.54 Å². The van der Waals surface area contributed by atoms with Crippen LogP contribution in [0.2, 0.25) is 0 Å². The molecule has 98 valence electrons. The highest BCUT2D eigenvalue weighted by Crippen LogP contribution is 2.32. The number of primary amides is 1. The molecule has 2 N–H and O–H groups in total. The second kappa shape index (κ2) is 5.58. The maximum atomic E-state index is 11.9. The van der Waals surface area contributed by atoms with Crippen LogP contribution in [0.25, 0.3) is 6.08 Å². The summed E-state index contributed by atoms with van der Waals surface area (Å²) in [5.41, 5.74) is 5.79. The summed E-state index contributed by atoms with van der Waals surface area (Å²) in [6.07, 6.45) is 1.61. The van der Waals surface area contributed by atoms with Crippen molar-refractivity contribution in [3.8, 4) is 0 Å². The summed E-state index contributed by atoms with van der Waals surface area (Å²) in [5, 5.41) is -0.479. The number of rotatable bonds is 3. The lowest BCUT2D eigenvalue weighted by molar-refractivity contribution is -0.127. The topological polar surface area (TPSA) is 80.5 Å². The van der Waals surface area contributed by atoms with Gasteiger partial charge in [-0.3, -0.25) is 19.3 Å². The van der Waals surface area contributed by atoms with Crippen molar-refractivity contribution in [3.63, 3.8) is 0 Å². The first-order chi connectivity index (χ1) is 8.97. The van der Waals surface area contributed by atoms with Gasteiger partial charge in [0.25, 0.3) is 11.1 Å². The van der Waals surface area contributed by atoms with Gasteiger partial charge in [0.05, 0.1) is 4.91 Å². The second-order valence-electron chi connectivity index (χ2n) is 3.79. The molecule has 19 heavy (non-hydrogen) atoms. The predicted molar refractivity (Wildman–Crippen MR) is 76.0 cm³/mol. The van der Waals surface area contributed by atoms with Crippen LogP contribution in [0.15, 0.2) is 33.6 Å². The number of nitrogens with two attached hydrogens (primary N) is 1. The van der Waals surface area contributed by atoms with E-state index >= 15 is 0 Å². The highest BCUT2D eigenvalue weighted by Gasteiger charge is 2.35. The molecule has 0 aromatic heterocycles. The zero-order valence-corrected chi connectivity index (χ0v) is 12.0. The fraction of sp³-hybridized carbons (Fsp3) is 0.0833. The molecule has 1 aromatic rings. The van der Waals surface area contributed by atoms with E-state index in [9.17, 15) is 14.4 Å². The molecule has 0 spiro atoms. The fourth-order valence-electron chi connectivity index (χ4n) is 1.50. The summed E-state index contributed by atoms with van der Waals surface area (Å²) in [6.45, 7) is -0.387. The van der Waals surface area contributed by atoms with Crippen LogP contribution in [-0.2, 0) is 9.59 Å². The number of hydrogen-bond donors (Lipinski definition) is 1. The van der Waals surface area contributed by atoms with Crippen molar-refractivity contribution in [1.29, 1.82) is 0 Å². The Balaban J connectivity index is 2.23. The number of nitrogens with zero attached hydrogens (tertiary/aromatic N) is 1. The number of halogens is 1. The van der Waals surface area contributed by atoms with Gasteiger partial charge in [0.2, 0.25) is 5.91 Å². The zero-order chi connectivity index (χ0) is 14.0. The summed E-state index contributed by atoms with van der Waals surface area (Å²) < 4.78 is 0.923. The Labute approximate surface area is 122 Å². The minimum absolute atomic E-state index is 0.286. The SMILES string of the molecule is NC(=O)CN1C(=O)S/C(=C/c2ccc(Br)cc2)C1=O. The van der Waals surface area contributed by atoms with Gasteiger partial charge in [-0.05, 0) is 35.5 Å². The van der Waals surface area contributed by atoms with Crippen molar-refractivity contribution in [2.45, 2.75) is 0 Å². The van der Waals surface area contributed by atoms with Crippen LogP contribution in [-0.4, -0.2) is 28.5 Å². The first-order valence-electron chi connectivity index (χ1n) is 5.26. The van der Waals surface area contributed by atoms with Crippen LogP contribution in [0.5, 0.6) is 0 Å². The Morgan fingerprint density at radius 1 is 1.32 bits per heavy atom. The minimum atomic E-state index is -0.716. The molecular formula is C12H9BrN2O3S. The molecule has 5 nitrogen and oxygen atoms in total. The van der Waals surface area contributed by atoms with E-state index < -0.39 is 17.1 Å². The average molecular weight is 341 g/mol. The van der Waals surface area contributed by atoms with Crippen LogP contribution < -0.4 is 5.73 Å². The van der Waals surface area contributed by atoms with Crippen LogP contribution in [0.1, 0.15) is 5.56 Å². The molecule has 1 aromatic carbocycles. The van der Waals surface area contributed by atoms with Gasteiger partial charge in [-0.15, -0.1) is 0 Å². The lowest BCUT2D eigenvalue weighted by Crippen LogP contribution is -2.36. The van der Waals surface area contributed by atoms with Gasteiger partial charge in [0, 0.05) is 4.47 Å². The molecule has 0 unspecified atom stereocenters. The van der Waals surface area contributed by atoms with E-state index in [1.807, 2.05) is 24.3 Å². The molecule has 0 atom stereocenters. The molecule has 7 heteroatoms. The summed E-state index contributed by atoms with van der Waals surface area (Å²) in [4.78, 5) is 35.4. The van der Waals surface area contributed by atoms with E-state index in [0.29, 0.717) is 0 Å². The maximum Gasteiger partial charge on any atom is 0.294 e. The van der Waals surface area contributed by atoms with Crippen LogP contribution in [0.4, 0.5) is 4.79 Å². The van der Waals surface area contributed by atoms with Gasteiger partial charge < -0.3 is 5.73 Å². The molecule has 1 fully saturated rings. The molecule has 0 bridgehead atoms. The van der Waals surface area contributed by atoms with Crippen LogP contribution in [0, 0.1) is 0 Å². The van der Waals surface area contributed by atoms with E-state index in [0.717, 1.165) is 26.7 Å². The van der Waals surface area contributed by atoms with Crippen molar-refractivity contribution >= 4 is 50.8 Å². The van der Waals surface area contributed by atoms with E-state index in [-0.39, 0.29) is 11.4 Å². The second-order valence-corrected chi connectivity index (χ2v) is 5.69. The molecule has 1 aliphatic heterocycles. The van der Waals surface area contributed by atoms with Gasteiger partial charge in [-0.25, -0.2) is 0 Å². The first-order valence-corrected chi connectivity index (χ1v) is 6.87. The van der Waals surface area contributed by atoms with Gasteiger partial charge in [-0.1, -0.05) is 28.1 Å². The Hall–Kier alpha value is -1.60. The highest BCUT2D eigenvalue weighted by molar-refractivity contribution is 9.10. The van der Waals surface area contributed by atoms with E-state index in [4.69, 9.17) is 5.73 Å². The van der Waals surface area contributed by atoms with Gasteiger partial charge in [0.15, 0.2) is 0 Å². The number of thioether (sulfide) groups is 1. The summed E-state index contributed by atoms with van der Waals surface area (Å²) >= 11 is 4.11. The first kappa shape index (κ1) is 13.8. The fourth-order valence-corrected chi connectivity index (χ4v) is 2.61.